The molecule has 0 fully saturated rings. The Bertz CT molecular complexity index is 614. The number of nitrogens with two attached hydrogens (primary N) is 1. The molecule has 2 heterocycles. The van der Waals surface area contributed by atoms with E-state index in [0.29, 0.717) is 29.6 Å². The second-order valence-electron chi connectivity index (χ2n) is 5.51. The Morgan fingerprint density at radius 2 is 2.09 bits per heavy atom. The van der Waals surface area contributed by atoms with Crippen LogP contribution < -0.4 is 16.4 Å². The molecule has 1 aromatic heterocycles. The summed E-state index contributed by atoms with van der Waals surface area (Å²) in [5, 5.41) is 33.1. The molecule has 7 N–H and O–H groups in total. The molecular weight excluding hydrogens is 284 g/mol. The Labute approximate surface area is 129 Å². The van der Waals surface area contributed by atoms with Crippen molar-refractivity contribution in [3.63, 3.8) is 0 Å². The van der Waals surface area contributed by atoms with E-state index in [9.17, 15) is 10.2 Å². The lowest BCUT2D eigenvalue weighted by molar-refractivity contribution is 0.0214. The van der Waals surface area contributed by atoms with E-state index in [1.807, 2.05) is 6.92 Å². The average Bonchev–Trinajstić information content (AvgIpc) is 2.46. The van der Waals surface area contributed by atoms with Gasteiger partial charge in [-0.05, 0) is 32.4 Å². The summed E-state index contributed by atoms with van der Waals surface area (Å²) in [6.07, 6.45) is -0.0944. The lowest BCUT2D eigenvalue weighted by Crippen LogP contribution is -2.47. The maximum Gasteiger partial charge on any atom is 0.157 e. The molecule has 120 valence electrons. The van der Waals surface area contributed by atoms with E-state index in [4.69, 9.17) is 11.1 Å². The van der Waals surface area contributed by atoms with Crippen molar-refractivity contribution in [2.75, 3.05) is 22.9 Å². The van der Waals surface area contributed by atoms with Crippen LogP contribution in [0.4, 0.5) is 17.3 Å². The van der Waals surface area contributed by atoms with Gasteiger partial charge in [-0.3, -0.25) is 0 Å². The number of hydrogen-bond acceptors (Lipinski definition) is 8. The van der Waals surface area contributed by atoms with E-state index < -0.39 is 12.2 Å². The van der Waals surface area contributed by atoms with Crippen LogP contribution in [0.3, 0.4) is 0 Å². The molecule has 0 spiro atoms. The van der Waals surface area contributed by atoms with Crippen LogP contribution in [0.2, 0.25) is 0 Å². The largest absolute Gasteiger partial charge is 0.391 e. The number of nitrogen functional groups attached to an aromatic ring is 1. The molecular formula is C14H22N6O2. The third-order valence-electron chi connectivity index (χ3n) is 3.62. The van der Waals surface area contributed by atoms with E-state index in [0.717, 1.165) is 5.57 Å². The fourth-order valence-corrected chi connectivity index (χ4v) is 2.12. The number of allylic oxidation sites excluding steroid dienone is 1. The van der Waals surface area contributed by atoms with Gasteiger partial charge < -0.3 is 32.0 Å². The second-order valence-corrected chi connectivity index (χ2v) is 5.51. The van der Waals surface area contributed by atoms with Crippen LogP contribution >= 0.6 is 0 Å². The summed E-state index contributed by atoms with van der Waals surface area (Å²) in [7, 11) is 0. The Hall–Kier alpha value is -2.19. The highest BCUT2D eigenvalue weighted by atomic mass is 16.3. The fraction of sp³-hybridized carbons (Fsp3) is 0.500. The molecule has 1 aliphatic heterocycles. The molecule has 8 nitrogen and oxygen atoms in total. The van der Waals surface area contributed by atoms with Crippen molar-refractivity contribution in [1.29, 1.82) is 5.41 Å². The summed E-state index contributed by atoms with van der Waals surface area (Å²) in [4.78, 5) is 8.55. The molecule has 8 heteroatoms. The van der Waals surface area contributed by atoms with Gasteiger partial charge in [-0.15, -0.1) is 0 Å². The number of aliphatic hydroxyl groups excluding tert-OH is 2. The zero-order chi connectivity index (χ0) is 16.4. The number of nitrogens with one attached hydrogen (secondary N) is 3. The van der Waals surface area contributed by atoms with Gasteiger partial charge in [0.25, 0.3) is 0 Å². The third kappa shape index (κ3) is 3.34. The molecule has 3 unspecified atom stereocenters. The van der Waals surface area contributed by atoms with E-state index in [-0.39, 0.29) is 11.9 Å². The smallest absolute Gasteiger partial charge is 0.157 e. The first kappa shape index (κ1) is 16.2. The predicted molar refractivity (Wildman–Crippen MR) is 87.1 cm³/mol. The van der Waals surface area contributed by atoms with Crippen LogP contribution in [0.15, 0.2) is 5.57 Å². The van der Waals surface area contributed by atoms with Crippen LogP contribution in [0, 0.1) is 5.41 Å². The normalized spacial score (nSPS) is 20.4. The maximum absolute atomic E-state index is 9.94. The van der Waals surface area contributed by atoms with Gasteiger partial charge in [0.05, 0.1) is 12.1 Å². The Morgan fingerprint density at radius 1 is 1.41 bits per heavy atom. The summed E-state index contributed by atoms with van der Waals surface area (Å²) in [5.41, 5.74) is 7.65. The number of nitrogens with zero attached hydrogens (tertiary/aromatic N) is 2. The predicted octanol–water partition coefficient (Wildman–Crippen LogP) is 0.449. The standard InChI is InChI=1S/C14H22N6O2/c1-6(7(2)15)4-10-19-13(16)11-14(20-10)17-5-9(18-11)12(22)8(3)21/h4,8-9,12,15,18,21-22H,5H2,1-3H3,(H3,16,17,19,20). The second kappa shape index (κ2) is 6.29. The van der Waals surface area contributed by atoms with Gasteiger partial charge in [0.1, 0.15) is 11.8 Å². The summed E-state index contributed by atoms with van der Waals surface area (Å²) in [6.45, 7) is 5.43. The minimum absolute atomic E-state index is 0.252. The van der Waals surface area contributed by atoms with Crippen molar-refractivity contribution in [1.82, 2.24) is 9.97 Å². The van der Waals surface area contributed by atoms with E-state index in [2.05, 4.69) is 20.6 Å². The Balaban J connectivity index is 2.29. The SMILES string of the molecule is CC(=N)C(C)=Cc1nc(N)c2c(n1)NCC(C(O)C(C)O)N2. The highest BCUT2D eigenvalue weighted by Gasteiger charge is 2.29. The van der Waals surface area contributed by atoms with Crippen LogP contribution in [0.5, 0.6) is 0 Å². The van der Waals surface area contributed by atoms with Crippen LogP contribution in [0.1, 0.15) is 26.6 Å². The molecule has 0 saturated carbocycles. The van der Waals surface area contributed by atoms with Crippen molar-refractivity contribution in [3.05, 3.63) is 11.4 Å². The first-order valence-corrected chi connectivity index (χ1v) is 7.07. The van der Waals surface area contributed by atoms with Crippen LogP contribution in [-0.2, 0) is 0 Å². The lowest BCUT2D eigenvalue weighted by Gasteiger charge is -2.32. The molecule has 0 saturated heterocycles. The van der Waals surface area contributed by atoms with Gasteiger partial charge in [-0.1, -0.05) is 0 Å². The lowest BCUT2D eigenvalue weighted by atomic mass is 10.0. The quantitative estimate of drug-likeness (QED) is 0.444. The fourth-order valence-electron chi connectivity index (χ4n) is 2.12. The topological polar surface area (TPSA) is 140 Å². The van der Waals surface area contributed by atoms with Gasteiger partial charge in [0.15, 0.2) is 17.5 Å². The number of hydrogen-bond donors (Lipinski definition) is 6. The highest BCUT2D eigenvalue weighted by molar-refractivity contribution is 5.99. The molecule has 0 aliphatic carbocycles. The molecule has 3 atom stereocenters. The molecule has 2 rings (SSSR count). The third-order valence-corrected chi connectivity index (χ3v) is 3.62. The number of anilines is 3. The van der Waals surface area contributed by atoms with Gasteiger partial charge in [0.2, 0.25) is 0 Å². The molecule has 1 aromatic rings. The zero-order valence-corrected chi connectivity index (χ0v) is 12.9. The minimum Gasteiger partial charge on any atom is -0.391 e. The first-order valence-electron chi connectivity index (χ1n) is 7.07. The molecule has 1 aliphatic rings. The van der Waals surface area contributed by atoms with Gasteiger partial charge in [-0.2, -0.15) is 0 Å². The summed E-state index contributed by atoms with van der Waals surface area (Å²) >= 11 is 0. The summed E-state index contributed by atoms with van der Waals surface area (Å²) in [6, 6.07) is -0.384. The molecule has 0 aromatic carbocycles. The number of aromatic nitrogens is 2. The molecule has 22 heavy (non-hydrogen) atoms. The van der Waals surface area contributed by atoms with Crippen molar-refractivity contribution in [3.8, 4) is 0 Å². The monoisotopic (exact) mass is 306 g/mol. The van der Waals surface area contributed by atoms with Gasteiger partial charge >= 0.3 is 0 Å². The zero-order valence-electron chi connectivity index (χ0n) is 12.9. The first-order chi connectivity index (χ1) is 10.3. The minimum atomic E-state index is -0.928. The Morgan fingerprint density at radius 3 is 2.68 bits per heavy atom. The van der Waals surface area contributed by atoms with Gasteiger partial charge in [0, 0.05) is 12.3 Å². The summed E-state index contributed by atoms with van der Waals surface area (Å²) in [5.74, 6) is 1.22. The van der Waals surface area contributed by atoms with E-state index in [1.165, 1.54) is 6.92 Å². The van der Waals surface area contributed by atoms with E-state index >= 15 is 0 Å². The molecule has 0 bridgehead atoms. The van der Waals surface area contributed by atoms with Crippen LogP contribution in [0.25, 0.3) is 6.08 Å². The van der Waals surface area contributed by atoms with Crippen molar-refractivity contribution < 1.29 is 10.2 Å². The van der Waals surface area contributed by atoms with Crippen LogP contribution in [-0.4, -0.2) is 50.7 Å². The maximum atomic E-state index is 9.94. The number of fused-ring (bicyclic) bond motifs is 1. The average molecular weight is 306 g/mol. The van der Waals surface area contributed by atoms with E-state index in [1.54, 1.807) is 13.0 Å². The van der Waals surface area contributed by atoms with Crippen molar-refractivity contribution >= 4 is 29.1 Å². The molecule has 0 radical (unpaired) electrons. The van der Waals surface area contributed by atoms with Crippen molar-refractivity contribution in [2.24, 2.45) is 0 Å². The Kier molecular flexibility index (Phi) is 4.62. The van der Waals surface area contributed by atoms with Crippen molar-refractivity contribution in [2.45, 2.75) is 39.0 Å². The number of rotatable bonds is 4. The highest BCUT2D eigenvalue weighted by Crippen LogP contribution is 2.30. The van der Waals surface area contributed by atoms with Gasteiger partial charge in [-0.25, -0.2) is 9.97 Å². The summed E-state index contributed by atoms with van der Waals surface area (Å²) < 4.78 is 0. The number of aliphatic hydroxyl groups is 2. The molecule has 0 amide bonds.